The van der Waals surface area contributed by atoms with Crippen molar-refractivity contribution >= 4 is 22.0 Å². The van der Waals surface area contributed by atoms with Gasteiger partial charge in [-0.2, -0.15) is 0 Å². The van der Waals surface area contributed by atoms with Gasteiger partial charge in [0.1, 0.15) is 6.17 Å². The molecule has 6 heteroatoms. The molecule has 3 N–H and O–H groups in total. The molecule has 3 fully saturated rings. The molecule has 0 radical (unpaired) electrons. The number of carbonyl (C=O) groups excluding carboxylic acids is 1. The summed E-state index contributed by atoms with van der Waals surface area (Å²) in [5.74, 6) is 0.115. The van der Waals surface area contributed by atoms with Crippen LogP contribution in [0.15, 0.2) is 28.7 Å². The molecule has 0 heterocycles. The Morgan fingerprint density at radius 1 is 1.48 bits per heavy atom. The molecule has 1 unspecified atom stereocenters. The van der Waals surface area contributed by atoms with Gasteiger partial charge >= 0.3 is 6.03 Å². The van der Waals surface area contributed by atoms with Crippen LogP contribution >= 0.6 is 15.9 Å². The van der Waals surface area contributed by atoms with Crippen molar-refractivity contribution in [2.75, 3.05) is 6.61 Å². The van der Waals surface area contributed by atoms with Crippen LogP contribution in [-0.4, -0.2) is 29.5 Å². The molecule has 21 heavy (non-hydrogen) atoms. The average molecular weight is 357 g/mol. The first kappa shape index (κ1) is 14.8. The Bertz CT molecular complexity index is 548. The summed E-state index contributed by atoms with van der Waals surface area (Å²) in [6.07, 6.45) is 1.07. The summed E-state index contributed by atoms with van der Waals surface area (Å²) in [6.45, 7) is -0.189. The molecule has 4 nitrogen and oxygen atoms in total. The predicted octanol–water partition coefficient (Wildman–Crippen LogP) is 2.67. The van der Waals surface area contributed by atoms with Crippen molar-refractivity contribution in [3.05, 3.63) is 34.3 Å². The highest BCUT2D eigenvalue weighted by atomic mass is 79.9. The molecule has 0 spiro atoms. The fourth-order valence-corrected chi connectivity index (χ4v) is 3.87. The van der Waals surface area contributed by atoms with Crippen molar-refractivity contribution in [2.45, 2.75) is 37.0 Å². The summed E-state index contributed by atoms with van der Waals surface area (Å²) in [6, 6.07) is 6.61. The highest BCUT2D eigenvalue weighted by Gasteiger charge is 2.57. The highest BCUT2D eigenvalue weighted by Crippen LogP contribution is 2.53. The number of urea groups is 1. The quantitative estimate of drug-likeness (QED) is 0.776. The number of benzene rings is 1. The van der Waals surface area contributed by atoms with Crippen molar-refractivity contribution in [3.8, 4) is 0 Å². The van der Waals surface area contributed by atoms with Crippen LogP contribution in [0.25, 0.3) is 0 Å². The van der Waals surface area contributed by atoms with Crippen LogP contribution in [0, 0.1) is 5.92 Å². The van der Waals surface area contributed by atoms with Crippen molar-refractivity contribution < 1.29 is 14.3 Å². The summed E-state index contributed by atoms with van der Waals surface area (Å²) in [7, 11) is 0. The molecular formula is C15H18BrFN2O2. The number of fused-ring (bicyclic) bond motifs is 1. The van der Waals surface area contributed by atoms with Gasteiger partial charge in [0.25, 0.3) is 0 Å². The molecular weight excluding hydrogens is 339 g/mol. The highest BCUT2D eigenvalue weighted by molar-refractivity contribution is 9.10. The normalized spacial score (nSPS) is 31.4. The Hall–Kier alpha value is -1.14. The number of rotatable bonds is 4. The molecule has 1 aromatic rings. The van der Waals surface area contributed by atoms with E-state index >= 15 is 0 Å². The third-order valence-electron chi connectivity index (χ3n) is 4.52. The molecule has 2 atom stereocenters. The predicted molar refractivity (Wildman–Crippen MR) is 80.6 cm³/mol. The lowest BCUT2D eigenvalue weighted by Gasteiger charge is -2.38. The van der Waals surface area contributed by atoms with E-state index in [-0.39, 0.29) is 24.1 Å². The zero-order valence-corrected chi connectivity index (χ0v) is 13.1. The number of carbonyl (C=O) groups is 1. The molecule has 0 saturated heterocycles. The summed E-state index contributed by atoms with van der Waals surface area (Å²) < 4.78 is 14.4. The number of aliphatic hydroxyl groups excluding tert-OH is 1. The largest absolute Gasteiger partial charge is 0.394 e. The topological polar surface area (TPSA) is 61.4 Å². The fraction of sp³-hybridized carbons (Fsp3) is 0.533. The van der Waals surface area contributed by atoms with E-state index in [1.54, 1.807) is 0 Å². The number of hydrogen-bond donors (Lipinski definition) is 3. The van der Waals surface area contributed by atoms with E-state index < -0.39 is 12.2 Å². The Kier molecular flexibility index (Phi) is 3.92. The second-order valence-corrected chi connectivity index (χ2v) is 6.97. The van der Waals surface area contributed by atoms with E-state index in [1.807, 2.05) is 24.3 Å². The summed E-state index contributed by atoms with van der Waals surface area (Å²) in [4.78, 5) is 12.1. The maximum Gasteiger partial charge on any atom is 0.315 e. The molecule has 3 aliphatic carbocycles. The standard InChI is InChI=1S/C15H18BrFN2O2/c16-11-3-1-2-9(4-11)13(8-20)18-14(21)19-15-5-10(6-15)12(17)7-15/h1-4,10,12-13,20H,5-8H2,(H2,18,19,21)/t10?,12?,13-,15?/m0/s1. The summed E-state index contributed by atoms with van der Waals surface area (Å²) >= 11 is 3.37. The Morgan fingerprint density at radius 2 is 2.24 bits per heavy atom. The van der Waals surface area contributed by atoms with E-state index in [0.717, 1.165) is 22.9 Å². The van der Waals surface area contributed by atoms with E-state index in [1.165, 1.54) is 0 Å². The molecule has 3 aliphatic rings. The van der Waals surface area contributed by atoms with Gasteiger partial charge in [-0.1, -0.05) is 28.1 Å². The number of aliphatic hydroxyl groups is 1. The Labute approximate surface area is 131 Å². The Balaban J connectivity index is 1.61. The van der Waals surface area contributed by atoms with E-state index in [4.69, 9.17) is 0 Å². The van der Waals surface area contributed by atoms with Crippen molar-refractivity contribution in [1.29, 1.82) is 0 Å². The van der Waals surface area contributed by atoms with Gasteiger partial charge in [0.15, 0.2) is 0 Å². The van der Waals surface area contributed by atoms with Crippen molar-refractivity contribution in [1.82, 2.24) is 10.6 Å². The molecule has 0 aliphatic heterocycles. The van der Waals surface area contributed by atoms with Crippen LogP contribution in [0.4, 0.5) is 9.18 Å². The van der Waals surface area contributed by atoms with Crippen LogP contribution in [0.5, 0.6) is 0 Å². The second kappa shape index (κ2) is 5.57. The van der Waals surface area contributed by atoms with Crippen LogP contribution in [-0.2, 0) is 0 Å². The number of nitrogens with one attached hydrogen (secondary N) is 2. The van der Waals surface area contributed by atoms with E-state index in [2.05, 4.69) is 26.6 Å². The smallest absolute Gasteiger partial charge is 0.315 e. The van der Waals surface area contributed by atoms with Crippen molar-refractivity contribution in [3.63, 3.8) is 0 Å². The van der Waals surface area contributed by atoms with Crippen LogP contribution in [0.2, 0.25) is 0 Å². The number of hydrogen-bond acceptors (Lipinski definition) is 2. The zero-order valence-electron chi connectivity index (χ0n) is 11.5. The monoisotopic (exact) mass is 356 g/mol. The third-order valence-corrected chi connectivity index (χ3v) is 5.01. The van der Waals surface area contributed by atoms with E-state index in [9.17, 15) is 14.3 Å². The van der Waals surface area contributed by atoms with Gasteiger partial charge in [-0.15, -0.1) is 0 Å². The first-order valence-electron chi connectivity index (χ1n) is 7.10. The summed E-state index contributed by atoms with van der Waals surface area (Å²) in [5, 5.41) is 15.1. The number of alkyl halides is 1. The van der Waals surface area contributed by atoms with Gasteiger partial charge in [0.2, 0.25) is 0 Å². The molecule has 1 aromatic carbocycles. The second-order valence-electron chi connectivity index (χ2n) is 6.06. The molecule has 0 aromatic heterocycles. The van der Waals surface area contributed by atoms with Gasteiger partial charge in [0, 0.05) is 16.4 Å². The van der Waals surface area contributed by atoms with Gasteiger partial charge in [0.05, 0.1) is 12.6 Å². The molecule has 2 bridgehead atoms. The lowest BCUT2D eigenvalue weighted by atomic mass is 9.77. The number of amides is 2. The van der Waals surface area contributed by atoms with Gasteiger partial charge in [-0.25, -0.2) is 9.18 Å². The molecule has 114 valence electrons. The SMILES string of the molecule is O=C(N[C@@H](CO)c1cccc(Br)c1)NC12CC(F)C(C1)C2. The minimum absolute atomic E-state index is 0.115. The van der Waals surface area contributed by atoms with Gasteiger partial charge in [-0.3, -0.25) is 0 Å². The third kappa shape index (κ3) is 2.92. The minimum Gasteiger partial charge on any atom is -0.394 e. The first-order valence-corrected chi connectivity index (χ1v) is 7.90. The summed E-state index contributed by atoms with van der Waals surface area (Å²) in [5.41, 5.74) is 0.451. The molecule has 2 amide bonds. The average Bonchev–Trinajstić information content (AvgIpc) is 2.87. The molecule has 4 rings (SSSR count). The van der Waals surface area contributed by atoms with Crippen LogP contribution in [0.3, 0.4) is 0 Å². The first-order chi connectivity index (χ1) is 10.0. The maximum atomic E-state index is 13.5. The lowest BCUT2D eigenvalue weighted by molar-refractivity contribution is 0.163. The van der Waals surface area contributed by atoms with Crippen molar-refractivity contribution in [2.24, 2.45) is 5.92 Å². The van der Waals surface area contributed by atoms with Gasteiger partial charge < -0.3 is 15.7 Å². The molecule has 3 saturated carbocycles. The van der Waals surface area contributed by atoms with Crippen LogP contribution in [0.1, 0.15) is 30.9 Å². The minimum atomic E-state index is -0.788. The van der Waals surface area contributed by atoms with E-state index in [0.29, 0.717) is 6.42 Å². The fourth-order valence-electron chi connectivity index (χ4n) is 3.45. The zero-order chi connectivity index (χ0) is 15.0. The maximum absolute atomic E-state index is 13.5. The number of halogens is 2. The Morgan fingerprint density at radius 3 is 2.81 bits per heavy atom. The van der Waals surface area contributed by atoms with Gasteiger partial charge in [-0.05, 0) is 36.5 Å². The van der Waals surface area contributed by atoms with Crippen LogP contribution < -0.4 is 10.6 Å². The lowest BCUT2D eigenvalue weighted by Crippen LogP contribution is -2.55.